The van der Waals surface area contributed by atoms with Gasteiger partial charge in [-0.25, -0.2) is 4.79 Å². The normalized spacial score (nSPS) is 18.0. The van der Waals surface area contributed by atoms with Crippen LogP contribution >= 0.6 is 0 Å². The third kappa shape index (κ3) is 6.58. The number of likely N-dealkylation sites (tertiary alicyclic amines) is 1. The maximum Gasteiger partial charge on any atom is 0.410 e. The second-order valence-electron chi connectivity index (χ2n) is 7.89. The Hall–Kier alpha value is -2.57. The van der Waals surface area contributed by atoms with Gasteiger partial charge in [-0.05, 0) is 39.2 Å². The molecule has 148 valence electrons. The summed E-state index contributed by atoms with van der Waals surface area (Å²) in [6.07, 6.45) is 1.60. The summed E-state index contributed by atoms with van der Waals surface area (Å²) < 4.78 is 5.41. The number of primary amides is 1. The zero-order valence-electron chi connectivity index (χ0n) is 16.2. The van der Waals surface area contributed by atoms with E-state index in [2.05, 4.69) is 5.32 Å². The lowest BCUT2D eigenvalue weighted by atomic mass is 10.0. The van der Waals surface area contributed by atoms with Crippen molar-refractivity contribution in [3.8, 4) is 0 Å². The summed E-state index contributed by atoms with van der Waals surface area (Å²) in [5, 5.41) is 2.71. The fourth-order valence-corrected chi connectivity index (χ4v) is 3.15. The van der Waals surface area contributed by atoms with E-state index in [1.54, 1.807) is 4.90 Å². The topological polar surface area (TPSA) is 102 Å². The molecule has 0 bridgehead atoms. The molecule has 0 aromatic heterocycles. The third-order valence-electron chi connectivity index (χ3n) is 4.39. The maximum atomic E-state index is 12.5. The Balaban J connectivity index is 1.94. The quantitative estimate of drug-likeness (QED) is 0.794. The highest BCUT2D eigenvalue weighted by atomic mass is 16.6. The summed E-state index contributed by atoms with van der Waals surface area (Å²) in [5.74, 6) is -0.877. The van der Waals surface area contributed by atoms with Crippen molar-refractivity contribution in [2.75, 3.05) is 6.54 Å². The molecule has 1 aliphatic rings. The Labute approximate surface area is 160 Å². The van der Waals surface area contributed by atoms with E-state index in [0.717, 1.165) is 18.4 Å². The van der Waals surface area contributed by atoms with Crippen LogP contribution in [-0.2, 0) is 20.7 Å². The van der Waals surface area contributed by atoms with Gasteiger partial charge < -0.3 is 20.7 Å². The molecule has 1 aromatic rings. The van der Waals surface area contributed by atoms with Crippen molar-refractivity contribution in [1.29, 1.82) is 0 Å². The van der Waals surface area contributed by atoms with Gasteiger partial charge in [0.25, 0.3) is 0 Å². The minimum absolute atomic E-state index is 0.123. The van der Waals surface area contributed by atoms with Crippen LogP contribution in [0.5, 0.6) is 0 Å². The molecule has 27 heavy (non-hydrogen) atoms. The van der Waals surface area contributed by atoms with E-state index in [1.165, 1.54) is 0 Å². The van der Waals surface area contributed by atoms with Crippen molar-refractivity contribution in [3.05, 3.63) is 35.9 Å². The Morgan fingerprint density at radius 1 is 1.26 bits per heavy atom. The molecule has 1 saturated heterocycles. The summed E-state index contributed by atoms with van der Waals surface area (Å²) >= 11 is 0. The standard InChI is InChI=1S/C20H29N3O4/c1-20(2,3)27-19(26)23-11-7-10-15(23)13-17(24)22-16(18(21)25)12-14-8-5-4-6-9-14/h4-6,8-9,15-16H,7,10-13H2,1-3H3,(H2,21,25)(H,22,24)/t15-,16-/m0/s1. The highest BCUT2D eigenvalue weighted by Gasteiger charge is 2.34. The maximum absolute atomic E-state index is 12.5. The number of nitrogens with zero attached hydrogens (tertiary/aromatic N) is 1. The van der Waals surface area contributed by atoms with Gasteiger partial charge in [-0.2, -0.15) is 0 Å². The Morgan fingerprint density at radius 2 is 1.93 bits per heavy atom. The van der Waals surface area contributed by atoms with E-state index in [4.69, 9.17) is 10.5 Å². The first kappa shape index (κ1) is 20.7. The number of hydrogen-bond acceptors (Lipinski definition) is 4. The number of hydrogen-bond donors (Lipinski definition) is 2. The lowest BCUT2D eigenvalue weighted by molar-refractivity contribution is -0.128. The smallest absolute Gasteiger partial charge is 0.410 e. The van der Waals surface area contributed by atoms with Gasteiger partial charge in [0.2, 0.25) is 11.8 Å². The summed E-state index contributed by atoms with van der Waals surface area (Å²) in [4.78, 5) is 38.1. The first-order valence-corrected chi connectivity index (χ1v) is 9.28. The van der Waals surface area contributed by atoms with Crippen LogP contribution in [0.15, 0.2) is 30.3 Å². The van der Waals surface area contributed by atoms with Gasteiger partial charge >= 0.3 is 6.09 Å². The molecule has 1 aromatic carbocycles. The van der Waals surface area contributed by atoms with Gasteiger partial charge in [0.15, 0.2) is 0 Å². The molecular formula is C20H29N3O4. The number of nitrogens with two attached hydrogens (primary N) is 1. The number of carbonyl (C=O) groups excluding carboxylic acids is 3. The second kappa shape index (κ2) is 8.88. The summed E-state index contributed by atoms with van der Waals surface area (Å²) in [5.41, 5.74) is 5.78. The molecule has 1 heterocycles. The average molecular weight is 375 g/mol. The molecule has 0 aliphatic carbocycles. The van der Waals surface area contributed by atoms with Crippen LogP contribution in [0.1, 0.15) is 45.6 Å². The zero-order chi connectivity index (χ0) is 20.0. The molecule has 0 spiro atoms. The van der Waals surface area contributed by atoms with E-state index < -0.39 is 23.6 Å². The van der Waals surface area contributed by atoms with E-state index in [9.17, 15) is 14.4 Å². The number of amides is 3. The van der Waals surface area contributed by atoms with Crippen LogP contribution in [0.25, 0.3) is 0 Å². The van der Waals surface area contributed by atoms with E-state index in [-0.39, 0.29) is 18.4 Å². The lowest BCUT2D eigenvalue weighted by Crippen LogP contribution is -2.48. The molecule has 3 N–H and O–H groups in total. The largest absolute Gasteiger partial charge is 0.444 e. The highest BCUT2D eigenvalue weighted by Crippen LogP contribution is 2.23. The van der Waals surface area contributed by atoms with Crippen LogP contribution in [-0.4, -0.2) is 47.0 Å². The van der Waals surface area contributed by atoms with E-state index in [0.29, 0.717) is 13.0 Å². The van der Waals surface area contributed by atoms with Gasteiger partial charge in [-0.15, -0.1) is 0 Å². The van der Waals surface area contributed by atoms with Gasteiger partial charge in [-0.3, -0.25) is 9.59 Å². The Bertz CT molecular complexity index is 670. The third-order valence-corrected chi connectivity index (χ3v) is 4.39. The van der Waals surface area contributed by atoms with Gasteiger partial charge in [0, 0.05) is 25.4 Å². The van der Waals surface area contributed by atoms with Crippen LogP contribution < -0.4 is 11.1 Å². The van der Waals surface area contributed by atoms with Gasteiger partial charge in [0.1, 0.15) is 11.6 Å². The monoisotopic (exact) mass is 375 g/mol. The number of nitrogens with one attached hydrogen (secondary N) is 1. The van der Waals surface area contributed by atoms with E-state index in [1.807, 2.05) is 51.1 Å². The van der Waals surface area contributed by atoms with Crippen molar-refractivity contribution in [3.63, 3.8) is 0 Å². The minimum atomic E-state index is -0.781. The molecule has 7 nitrogen and oxygen atoms in total. The second-order valence-corrected chi connectivity index (χ2v) is 7.89. The van der Waals surface area contributed by atoms with E-state index >= 15 is 0 Å². The van der Waals surface area contributed by atoms with Crippen molar-refractivity contribution in [2.45, 2.75) is 64.1 Å². The average Bonchev–Trinajstić information content (AvgIpc) is 3.01. The predicted octanol–water partition coefficient (Wildman–Crippen LogP) is 1.99. The highest BCUT2D eigenvalue weighted by molar-refractivity contribution is 5.87. The van der Waals surface area contributed by atoms with Crippen molar-refractivity contribution in [1.82, 2.24) is 10.2 Å². The number of carbonyl (C=O) groups is 3. The lowest BCUT2D eigenvalue weighted by Gasteiger charge is -2.28. The SMILES string of the molecule is CC(C)(C)OC(=O)N1CCC[C@H]1CC(=O)N[C@@H](Cc1ccccc1)C(N)=O. The van der Waals surface area contributed by atoms with Crippen LogP contribution in [0.2, 0.25) is 0 Å². The molecule has 2 atom stereocenters. The molecule has 1 aliphatic heterocycles. The Morgan fingerprint density at radius 3 is 2.52 bits per heavy atom. The molecular weight excluding hydrogens is 346 g/mol. The van der Waals surface area contributed by atoms with Crippen LogP contribution in [0, 0.1) is 0 Å². The molecule has 3 amide bonds. The van der Waals surface area contributed by atoms with Crippen molar-refractivity contribution in [2.24, 2.45) is 5.73 Å². The van der Waals surface area contributed by atoms with Crippen molar-refractivity contribution < 1.29 is 19.1 Å². The molecule has 0 saturated carbocycles. The molecule has 0 unspecified atom stereocenters. The number of rotatable bonds is 6. The Kier molecular flexibility index (Phi) is 6.82. The summed E-state index contributed by atoms with van der Waals surface area (Å²) in [6, 6.07) is 8.36. The summed E-state index contributed by atoms with van der Waals surface area (Å²) in [6.45, 7) is 5.99. The molecule has 1 fully saturated rings. The first-order chi connectivity index (χ1) is 12.7. The van der Waals surface area contributed by atoms with Crippen molar-refractivity contribution >= 4 is 17.9 Å². The number of benzene rings is 1. The first-order valence-electron chi connectivity index (χ1n) is 9.28. The summed E-state index contributed by atoms with van der Waals surface area (Å²) in [7, 11) is 0. The fourth-order valence-electron chi connectivity index (χ4n) is 3.15. The van der Waals surface area contributed by atoms with Gasteiger partial charge in [0.05, 0.1) is 0 Å². The van der Waals surface area contributed by atoms with Crippen LogP contribution in [0.3, 0.4) is 0 Å². The molecule has 7 heteroatoms. The van der Waals surface area contributed by atoms with Crippen LogP contribution in [0.4, 0.5) is 4.79 Å². The number of ether oxygens (including phenoxy) is 1. The molecule has 0 radical (unpaired) electrons. The molecule has 2 rings (SSSR count). The van der Waals surface area contributed by atoms with Gasteiger partial charge in [-0.1, -0.05) is 30.3 Å². The minimum Gasteiger partial charge on any atom is -0.444 e. The predicted molar refractivity (Wildman–Crippen MR) is 102 cm³/mol. The fraction of sp³-hybridized carbons (Fsp3) is 0.550. The zero-order valence-corrected chi connectivity index (χ0v) is 16.2.